The highest BCUT2D eigenvalue weighted by molar-refractivity contribution is 7.99. The number of aromatic nitrogens is 1. The minimum atomic E-state index is 0.302. The smallest absolute Gasteiger partial charge is 0.0798 e. The lowest BCUT2D eigenvalue weighted by Crippen LogP contribution is -2.21. The first kappa shape index (κ1) is 14.0. The number of nitrogens with zero attached hydrogens (tertiary/aromatic N) is 1. The Morgan fingerprint density at radius 3 is 3.00 bits per heavy atom. The van der Waals surface area contributed by atoms with Crippen LogP contribution in [0.2, 0.25) is 0 Å². The van der Waals surface area contributed by atoms with E-state index in [0.717, 1.165) is 30.2 Å². The second kappa shape index (κ2) is 8.06. The maximum atomic E-state index is 8.63. The van der Waals surface area contributed by atoms with E-state index in [2.05, 4.69) is 24.1 Å². The summed E-state index contributed by atoms with van der Waals surface area (Å²) in [7, 11) is 0. The third kappa shape index (κ3) is 4.82. The van der Waals surface area contributed by atoms with Crippen molar-refractivity contribution in [2.45, 2.75) is 26.3 Å². The molecule has 0 saturated heterocycles. The van der Waals surface area contributed by atoms with Crippen LogP contribution in [0.15, 0.2) is 5.51 Å². The molecule has 1 atom stereocenters. The van der Waals surface area contributed by atoms with Gasteiger partial charge < -0.3 is 10.4 Å². The molecule has 3 nitrogen and oxygen atoms in total. The van der Waals surface area contributed by atoms with Gasteiger partial charge in [-0.3, -0.25) is 0 Å². The second-order valence-corrected chi connectivity index (χ2v) is 5.78. The van der Waals surface area contributed by atoms with Crippen molar-refractivity contribution in [3.05, 3.63) is 16.1 Å². The summed E-state index contributed by atoms with van der Waals surface area (Å²) < 4.78 is 0. The van der Waals surface area contributed by atoms with E-state index in [0.29, 0.717) is 12.6 Å². The number of thioether (sulfide) groups is 1. The predicted octanol–water partition coefficient (Wildman–Crippen LogP) is 2.22. The van der Waals surface area contributed by atoms with E-state index in [1.807, 2.05) is 17.3 Å². The number of aliphatic hydroxyl groups is 1. The number of hydrogen-bond donors (Lipinski definition) is 2. The van der Waals surface area contributed by atoms with Crippen molar-refractivity contribution in [2.24, 2.45) is 0 Å². The molecule has 1 unspecified atom stereocenters. The maximum absolute atomic E-state index is 8.63. The van der Waals surface area contributed by atoms with Gasteiger partial charge in [0.05, 0.1) is 11.2 Å². The molecule has 92 valence electrons. The summed E-state index contributed by atoms with van der Waals surface area (Å²) in [5.41, 5.74) is 3.04. The molecule has 0 radical (unpaired) electrons. The Kier molecular flexibility index (Phi) is 7.03. The molecule has 1 aromatic heterocycles. The highest BCUT2D eigenvalue weighted by atomic mass is 32.2. The summed E-state index contributed by atoms with van der Waals surface area (Å²) in [6.07, 6.45) is 0.897. The number of aryl methyl sites for hydroxylation is 1. The van der Waals surface area contributed by atoms with E-state index in [-0.39, 0.29) is 0 Å². The van der Waals surface area contributed by atoms with Crippen molar-refractivity contribution in [3.8, 4) is 0 Å². The highest BCUT2D eigenvalue weighted by Crippen LogP contribution is 2.20. The number of thiazole rings is 1. The van der Waals surface area contributed by atoms with Crippen molar-refractivity contribution in [3.63, 3.8) is 0 Å². The molecule has 0 saturated carbocycles. The van der Waals surface area contributed by atoms with Crippen LogP contribution in [0, 0.1) is 6.92 Å². The quantitative estimate of drug-likeness (QED) is 0.704. The Morgan fingerprint density at radius 1 is 1.56 bits per heavy atom. The van der Waals surface area contributed by atoms with Crippen LogP contribution in [0.1, 0.15) is 30.0 Å². The number of rotatable bonds is 8. The van der Waals surface area contributed by atoms with E-state index < -0.39 is 0 Å². The van der Waals surface area contributed by atoms with E-state index in [1.54, 1.807) is 11.3 Å². The second-order valence-electron chi connectivity index (χ2n) is 3.67. The van der Waals surface area contributed by atoms with E-state index in [4.69, 9.17) is 5.11 Å². The minimum absolute atomic E-state index is 0.302. The topological polar surface area (TPSA) is 45.2 Å². The number of nitrogens with one attached hydrogen (secondary N) is 1. The van der Waals surface area contributed by atoms with Gasteiger partial charge in [-0.2, -0.15) is 11.8 Å². The molecule has 5 heteroatoms. The fourth-order valence-corrected chi connectivity index (χ4v) is 3.07. The fourth-order valence-electron chi connectivity index (χ4n) is 1.44. The zero-order chi connectivity index (χ0) is 11.8. The number of aliphatic hydroxyl groups excluding tert-OH is 1. The molecule has 0 aromatic carbocycles. The first-order valence-corrected chi connectivity index (χ1v) is 7.61. The first-order chi connectivity index (χ1) is 7.75. The SMILES string of the molecule is Cc1ncsc1C(C)NCCSCCCO. The molecular weight excluding hydrogens is 240 g/mol. The zero-order valence-corrected chi connectivity index (χ0v) is 11.5. The average molecular weight is 260 g/mol. The first-order valence-electron chi connectivity index (χ1n) is 5.57. The maximum Gasteiger partial charge on any atom is 0.0798 e. The van der Waals surface area contributed by atoms with E-state index in [9.17, 15) is 0 Å². The largest absolute Gasteiger partial charge is 0.396 e. The summed E-state index contributed by atoms with van der Waals surface area (Å²) in [6, 6.07) is 0.394. The summed E-state index contributed by atoms with van der Waals surface area (Å²) >= 11 is 3.60. The van der Waals surface area contributed by atoms with Gasteiger partial charge in [0.2, 0.25) is 0 Å². The third-order valence-corrected chi connectivity index (χ3v) is 4.50. The van der Waals surface area contributed by atoms with Gasteiger partial charge in [-0.1, -0.05) is 0 Å². The molecule has 16 heavy (non-hydrogen) atoms. The Hall–Kier alpha value is -0.100. The average Bonchev–Trinajstić information content (AvgIpc) is 2.69. The van der Waals surface area contributed by atoms with Gasteiger partial charge in [0, 0.05) is 29.8 Å². The lowest BCUT2D eigenvalue weighted by Gasteiger charge is -2.12. The van der Waals surface area contributed by atoms with Crippen molar-refractivity contribution in [2.75, 3.05) is 24.7 Å². The van der Waals surface area contributed by atoms with Crippen LogP contribution >= 0.6 is 23.1 Å². The molecule has 1 aromatic rings. The van der Waals surface area contributed by atoms with Crippen LogP contribution in [0.5, 0.6) is 0 Å². The van der Waals surface area contributed by atoms with Gasteiger partial charge in [0.25, 0.3) is 0 Å². The Balaban J connectivity index is 2.11. The van der Waals surface area contributed by atoms with Crippen LogP contribution in [-0.4, -0.2) is 34.7 Å². The van der Waals surface area contributed by atoms with Gasteiger partial charge in [0.15, 0.2) is 0 Å². The van der Waals surface area contributed by atoms with Crippen molar-refractivity contribution in [1.82, 2.24) is 10.3 Å². The van der Waals surface area contributed by atoms with Gasteiger partial charge in [0.1, 0.15) is 0 Å². The molecule has 0 aliphatic heterocycles. The van der Waals surface area contributed by atoms with Gasteiger partial charge in [-0.05, 0) is 26.0 Å². The molecule has 0 amide bonds. The Labute approximate surface area is 106 Å². The monoisotopic (exact) mass is 260 g/mol. The van der Waals surface area contributed by atoms with E-state index in [1.165, 1.54) is 4.88 Å². The summed E-state index contributed by atoms with van der Waals surface area (Å²) in [4.78, 5) is 5.59. The van der Waals surface area contributed by atoms with Crippen LogP contribution in [-0.2, 0) is 0 Å². The van der Waals surface area contributed by atoms with Gasteiger partial charge in [-0.15, -0.1) is 11.3 Å². The third-order valence-electron chi connectivity index (χ3n) is 2.32. The Morgan fingerprint density at radius 2 is 2.38 bits per heavy atom. The van der Waals surface area contributed by atoms with Crippen LogP contribution in [0.25, 0.3) is 0 Å². The molecule has 1 heterocycles. The molecule has 0 aliphatic rings. The van der Waals surface area contributed by atoms with Crippen LogP contribution in [0.3, 0.4) is 0 Å². The van der Waals surface area contributed by atoms with Crippen molar-refractivity contribution >= 4 is 23.1 Å². The van der Waals surface area contributed by atoms with Crippen LogP contribution < -0.4 is 5.32 Å². The van der Waals surface area contributed by atoms with Gasteiger partial charge in [-0.25, -0.2) is 4.98 Å². The van der Waals surface area contributed by atoms with Crippen LogP contribution in [0.4, 0.5) is 0 Å². The molecule has 0 spiro atoms. The molecule has 0 aliphatic carbocycles. The van der Waals surface area contributed by atoms with Gasteiger partial charge >= 0.3 is 0 Å². The highest BCUT2D eigenvalue weighted by Gasteiger charge is 2.09. The normalized spacial score (nSPS) is 12.9. The fraction of sp³-hybridized carbons (Fsp3) is 0.727. The summed E-state index contributed by atoms with van der Waals surface area (Å²) in [5.74, 6) is 2.15. The zero-order valence-electron chi connectivity index (χ0n) is 9.90. The van der Waals surface area contributed by atoms with Crippen molar-refractivity contribution < 1.29 is 5.11 Å². The Bertz CT molecular complexity index is 291. The predicted molar refractivity (Wildman–Crippen MR) is 72.3 cm³/mol. The molecule has 1 rings (SSSR count). The number of hydrogen-bond acceptors (Lipinski definition) is 5. The molecule has 0 fully saturated rings. The lowest BCUT2D eigenvalue weighted by atomic mass is 10.2. The van der Waals surface area contributed by atoms with E-state index >= 15 is 0 Å². The van der Waals surface area contributed by atoms with Crippen molar-refractivity contribution in [1.29, 1.82) is 0 Å². The minimum Gasteiger partial charge on any atom is -0.396 e. The molecule has 0 bridgehead atoms. The summed E-state index contributed by atoms with van der Waals surface area (Å²) in [5, 5.41) is 12.1. The molecular formula is C11H20N2OS2. The standard InChI is InChI=1S/C11H20N2OS2/c1-9(11-10(2)13-8-16-11)12-4-7-15-6-3-5-14/h8-9,12,14H,3-7H2,1-2H3. The summed E-state index contributed by atoms with van der Waals surface area (Å²) in [6.45, 7) is 5.55. The lowest BCUT2D eigenvalue weighted by molar-refractivity contribution is 0.296. The molecule has 2 N–H and O–H groups in total.